The summed E-state index contributed by atoms with van der Waals surface area (Å²) in [6.07, 6.45) is 3.17. The number of aliphatic hydroxyl groups is 1. The second kappa shape index (κ2) is 9.45. The minimum atomic E-state index is -0.786. The Morgan fingerprint density at radius 2 is 2.03 bits per heavy atom. The van der Waals surface area contributed by atoms with Crippen molar-refractivity contribution in [3.8, 4) is 11.8 Å². The number of nitrogens with zero attached hydrogens (tertiary/aromatic N) is 1. The van der Waals surface area contributed by atoms with Crippen molar-refractivity contribution in [2.24, 2.45) is 5.92 Å². The topological polar surface area (TPSA) is 123 Å². The third-order valence-electron chi connectivity index (χ3n) is 7.27. The van der Waals surface area contributed by atoms with Crippen LogP contribution in [0.4, 0.5) is 4.39 Å². The molecular formula is C23H28ClFN4O4. The fraction of sp³-hybridized carbons (Fsp3) is 0.609. The lowest BCUT2D eigenvalue weighted by atomic mass is 9.59. The Morgan fingerprint density at radius 1 is 1.27 bits per heavy atom. The van der Waals surface area contributed by atoms with Crippen LogP contribution in [0.5, 0.6) is 5.75 Å². The molecule has 33 heavy (non-hydrogen) atoms. The number of nitriles is 1. The van der Waals surface area contributed by atoms with E-state index in [4.69, 9.17) is 21.6 Å². The third kappa shape index (κ3) is 5.08. The van der Waals surface area contributed by atoms with E-state index in [2.05, 4.69) is 22.0 Å². The highest BCUT2D eigenvalue weighted by molar-refractivity contribution is 6.30. The van der Waals surface area contributed by atoms with Gasteiger partial charge >= 0.3 is 0 Å². The Bertz CT molecular complexity index is 952. The summed E-state index contributed by atoms with van der Waals surface area (Å²) in [7, 11) is 0. The van der Waals surface area contributed by atoms with Gasteiger partial charge in [-0.1, -0.05) is 11.6 Å². The summed E-state index contributed by atoms with van der Waals surface area (Å²) < 4.78 is 18.9. The molecule has 5 rings (SSSR count). The number of fused-ring (bicyclic) bond motifs is 3. The molecule has 1 heterocycles. The van der Waals surface area contributed by atoms with Crippen LogP contribution in [-0.2, 0) is 9.59 Å². The van der Waals surface area contributed by atoms with Crippen LogP contribution < -0.4 is 20.7 Å². The lowest BCUT2D eigenvalue weighted by Gasteiger charge is -2.56. The first-order valence-corrected chi connectivity index (χ1v) is 11.6. The lowest BCUT2D eigenvalue weighted by Crippen LogP contribution is -2.71. The largest absolute Gasteiger partial charge is 0.484 e. The number of aliphatic hydroxyl groups excluding tert-OH is 1. The summed E-state index contributed by atoms with van der Waals surface area (Å²) in [4.78, 5) is 25.3. The van der Waals surface area contributed by atoms with Crippen molar-refractivity contribution in [1.82, 2.24) is 16.0 Å². The number of piperidine rings is 1. The van der Waals surface area contributed by atoms with Gasteiger partial charge in [-0.05, 0) is 57.1 Å². The van der Waals surface area contributed by atoms with Gasteiger partial charge in [-0.25, -0.2) is 4.39 Å². The van der Waals surface area contributed by atoms with Crippen LogP contribution in [-0.4, -0.2) is 53.3 Å². The monoisotopic (exact) mass is 478 g/mol. The normalized spacial score (nSPS) is 33.1. The van der Waals surface area contributed by atoms with E-state index in [1.807, 2.05) is 0 Å². The van der Waals surface area contributed by atoms with E-state index in [0.717, 1.165) is 6.07 Å². The van der Waals surface area contributed by atoms with Crippen LogP contribution in [0, 0.1) is 23.1 Å². The van der Waals surface area contributed by atoms with E-state index < -0.39 is 23.0 Å². The van der Waals surface area contributed by atoms with Crippen molar-refractivity contribution in [2.45, 2.75) is 68.2 Å². The Labute approximate surface area is 196 Å². The minimum Gasteiger partial charge on any atom is -0.484 e. The summed E-state index contributed by atoms with van der Waals surface area (Å²) in [5.74, 6) is -0.991. The lowest BCUT2D eigenvalue weighted by molar-refractivity contribution is -0.137. The van der Waals surface area contributed by atoms with Gasteiger partial charge in [0.05, 0.1) is 34.7 Å². The van der Waals surface area contributed by atoms with Crippen LogP contribution in [0.1, 0.15) is 44.9 Å². The Balaban J connectivity index is 1.29. The second-order valence-corrected chi connectivity index (χ2v) is 9.83. The molecule has 4 aliphatic rings. The van der Waals surface area contributed by atoms with Crippen LogP contribution >= 0.6 is 11.6 Å². The number of halogens is 2. The number of amides is 2. The predicted octanol–water partition coefficient (Wildman–Crippen LogP) is 1.80. The van der Waals surface area contributed by atoms with E-state index in [-0.39, 0.29) is 41.2 Å². The highest BCUT2D eigenvalue weighted by Gasteiger charge is 2.55. The van der Waals surface area contributed by atoms with E-state index in [1.54, 1.807) is 0 Å². The van der Waals surface area contributed by atoms with Gasteiger partial charge in [-0.3, -0.25) is 9.59 Å². The number of ether oxygens (including phenoxy) is 1. The summed E-state index contributed by atoms with van der Waals surface area (Å²) in [5, 5.41) is 29.1. The maximum Gasteiger partial charge on any atom is 0.258 e. The summed E-state index contributed by atoms with van der Waals surface area (Å²) in [6, 6.07) is 5.83. The van der Waals surface area contributed by atoms with Crippen molar-refractivity contribution in [3.05, 3.63) is 29.0 Å². The van der Waals surface area contributed by atoms with Crippen molar-refractivity contribution in [1.29, 1.82) is 5.26 Å². The molecule has 0 aromatic heterocycles. The highest BCUT2D eigenvalue weighted by atomic mass is 35.5. The van der Waals surface area contributed by atoms with E-state index in [9.17, 15) is 19.1 Å². The van der Waals surface area contributed by atoms with Crippen LogP contribution in [0.25, 0.3) is 0 Å². The molecule has 3 unspecified atom stereocenters. The average Bonchev–Trinajstić information content (AvgIpc) is 2.81. The molecule has 1 saturated heterocycles. The van der Waals surface area contributed by atoms with Crippen molar-refractivity contribution in [2.75, 3.05) is 13.2 Å². The molecule has 0 radical (unpaired) electrons. The van der Waals surface area contributed by atoms with Gasteiger partial charge in [-0.2, -0.15) is 5.26 Å². The van der Waals surface area contributed by atoms with Gasteiger partial charge in [-0.15, -0.1) is 0 Å². The summed E-state index contributed by atoms with van der Waals surface area (Å²) >= 11 is 5.65. The first-order valence-electron chi connectivity index (χ1n) is 11.3. The number of carbonyl (C=O) groups excluding carboxylic acids is 2. The van der Waals surface area contributed by atoms with Crippen LogP contribution in [0.3, 0.4) is 0 Å². The molecule has 2 amide bonds. The number of carbonyl (C=O) groups is 2. The maximum absolute atomic E-state index is 13.5. The molecule has 8 nitrogen and oxygen atoms in total. The minimum absolute atomic E-state index is 0.0229. The average molecular weight is 479 g/mol. The molecule has 3 atom stereocenters. The Morgan fingerprint density at radius 3 is 2.64 bits per heavy atom. The zero-order valence-corrected chi connectivity index (χ0v) is 19.0. The molecule has 3 saturated carbocycles. The van der Waals surface area contributed by atoms with E-state index >= 15 is 0 Å². The van der Waals surface area contributed by atoms with Crippen molar-refractivity contribution in [3.63, 3.8) is 0 Å². The molecule has 1 aliphatic heterocycles. The predicted molar refractivity (Wildman–Crippen MR) is 118 cm³/mol. The zero-order chi connectivity index (χ0) is 23.6. The number of nitrogens with one attached hydrogen (secondary N) is 3. The SMILES string of the molecule is N#CC1CCC(C(=O)NC23CCC(NC(=O)COc4ccc(Cl)c(F)c4)(CC2)CC3O)NC1. The first-order chi connectivity index (χ1) is 15.7. The van der Waals surface area contributed by atoms with Gasteiger partial charge in [0.15, 0.2) is 6.61 Å². The quantitative estimate of drug-likeness (QED) is 0.494. The van der Waals surface area contributed by atoms with Gasteiger partial charge < -0.3 is 25.8 Å². The Hall–Kier alpha value is -2.41. The zero-order valence-electron chi connectivity index (χ0n) is 18.2. The summed E-state index contributed by atoms with van der Waals surface area (Å²) in [6.45, 7) is 0.210. The molecule has 2 bridgehead atoms. The number of hydrogen-bond donors (Lipinski definition) is 4. The maximum atomic E-state index is 13.5. The highest BCUT2D eigenvalue weighted by Crippen LogP contribution is 2.47. The molecule has 10 heteroatoms. The van der Waals surface area contributed by atoms with Crippen LogP contribution in [0.2, 0.25) is 5.02 Å². The number of rotatable bonds is 6. The van der Waals surface area contributed by atoms with Gasteiger partial charge in [0.1, 0.15) is 11.6 Å². The number of benzene rings is 1. The van der Waals surface area contributed by atoms with Crippen molar-refractivity contribution < 1.29 is 23.8 Å². The fourth-order valence-electron chi connectivity index (χ4n) is 5.23. The van der Waals surface area contributed by atoms with Crippen molar-refractivity contribution >= 4 is 23.4 Å². The molecular weight excluding hydrogens is 451 g/mol. The smallest absolute Gasteiger partial charge is 0.258 e. The molecule has 3 aliphatic carbocycles. The Kier molecular flexibility index (Phi) is 6.80. The fourth-order valence-corrected chi connectivity index (χ4v) is 5.35. The number of hydrogen-bond acceptors (Lipinski definition) is 6. The van der Waals surface area contributed by atoms with E-state index in [0.29, 0.717) is 51.5 Å². The molecule has 0 spiro atoms. The van der Waals surface area contributed by atoms with Gasteiger partial charge in [0.25, 0.3) is 5.91 Å². The molecule has 4 fully saturated rings. The molecule has 1 aromatic rings. The third-order valence-corrected chi connectivity index (χ3v) is 7.58. The standard InChI is InChI=1S/C23H28ClFN4O4/c24-16-3-2-15(9-17(16)25)33-13-20(31)28-22-5-7-23(8-6-22,19(30)10-22)29-21(32)18-4-1-14(11-26)12-27-18/h2-3,9,14,18-19,27,30H,1,4-8,10,12-13H2,(H,28,31)(H,29,32). The first kappa shape index (κ1) is 23.7. The second-order valence-electron chi connectivity index (χ2n) is 9.42. The van der Waals surface area contributed by atoms with Crippen LogP contribution in [0.15, 0.2) is 18.2 Å². The van der Waals surface area contributed by atoms with E-state index in [1.165, 1.54) is 12.1 Å². The summed E-state index contributed by atoms with van der Waals surface area (Å²) in [5.41, 5.74) is -1.25. The molecule has 1 aromatic carbocycles. The molecule has 178 valence electrons. The van der Waals surface area contributed by atoms with Gasteiger partial charge in [0, 0.05) is 18.2 Å². The van der Waals surface area contributed by atoms with Gasteiger partial charge in [0.2, 0.25) is 5.91 Å². The molecule has 4 N–H and O–H groups in total.